The molecule has 0 heterocycles. The molecule has 0 radical (unpaired) electrons. The smallest absolute Gasteiger partial charge is 0.306 e. The van der Waals surface area contributed by atoms with Gasteiger partial charge >= 0.3 is 11.9 Å². The van der Waals surface area contributed by atoms with Crippen molar-refractivity contribution in [2.75, 3.05) is 6.61 Å². The van der Waals surface area contributed by atoms with Gasteiger partial charge in [0, 0.05) is 12.8 Å². The highest BCUT2D eigenvalue weighted by Gasteiger charge is 2.21. The van der Waals surface area contributed by atoms with Gasteiger partial charge in [-0.2, -0.15) is 0 Å². The standard InChI is InChI=1S/C19H36O4/c1-14(2)10-9-13-22-17(20)11-7-8-12-18(21)23-19(15(3)4)16(5)6/h14-16,19H,7-13H2,1-6H3. The van der Waals surface area contributed by atoms with Crippen molar-refractivity contribution in [3.05, 3.63) is 0 Å². The van der Waals surface area contributed by atoms with Gasteiger partial charge in [0.1, 0.15) is 6.10 Å². The Bertz CT molecular complexity index is 326. The van der Waals surface area contributed by atoms with Crippen LogP contribution >= 0.6 is 0 Å². The first-order valence-corrected chi connectivity index (χ1v) is 9.09. The summed E-state index contributed by atoms with van der Waals surface area (Å²) < 4.78 is 10.7. The summed E-state index contributed by atoms with van der Waals surface area (Å²) >= 11 is 0. The van der Waals surface area contributed by atoms with Crippen molar-refractivity contribution in [1.82, 2.24) is 0 Å². The van der Waals surface area contributed by atoms with E-state index in [0.717, 1.165) is 12.8 Å². The predicted octanol–water partition coefficient (Wildman–Crippen LogP) is 4.75. The molecule has 0 spiro atoms. The SMILES string of the molecule is CC(C)CCCOC(=O)CCCCC(=O)OC(C(C)C)C(C)C. The van der Waals surface area contributed by atoms with Crippen molar-refractivity contribution in [3.63, 3.8) is 0 Å². The van der Waals surface area contributed by atoms with Crippen molar-refractivity contribution < 1.29 is 19.1 Å². The third kappa shape index (κ3) is 12.1. The van der Waals surface area contributed by atoms with Crippen molar-refractivity contribution in [1.29, 1.82) is 0 Å². The molecule has 0 N–H and O–H groups in total. The van der Waals surface area contributed by atoms with Crippen molar-refractivity contribution >= 4 is 11.9 Å². The highest BCUT2D eigenvalue weighted by Crippen LogP contribution is 2.17. The fourth-order valence-corrected chi connectivity index (χ4v) is 2.54. The number of carbonyl (C=O) groups is 2. The molecule has 0 rings (SSSR count). The molecule has 0 saturated heterocycles. The Morgan fingerprint density at radius 2 is 1.30 bits per heavy atom. The van der Waals surface area contributed by atoms with Gasteiger partial charge in [-0.25, -0.2) is 0 Å². The normalized spacial score (nSPS) is 11.6. The fraction of sp³-hybridized carbons (Fsp3) is 0.895. The van der Waals surface area contributed by atoms with Gasteiger partial charge in [0.25, 0.3) is 0 Å². The van der Waals surface area contributed by atoms with Crippen molar-refractivity contribution in [2.24, 2.45) is 17.8 Å². The van der Waals surface area contributed by atoms with E-state index in [4.69, 9.17) is 9.47 Å². The summed E-state index contributed by atoms with van der Waals surface area (Å²) in [5.74, 6) is 0.951. The third-order valence-corrected chi connectivity index (χ3v) is 3.78. The Morgan fingerprint density at radius 3 is 1.78 bits per heavy atom. The lowest BCUT2D eigenvalue weighted by atomic mass is 9.96. The molecule has 0 aromatic heterocycles. The van der Waals surface area contributed by atoms with Crippen LogP contribution in [-0.4, -0.2) is 24.6 Å². The summed E-state index contributed by atoms with van der Waals surface area (Å²) in [6.07, 6.45) is 4.06. The van der Waals surface area contributed by atoms with E-state index in [1.807, 2.05) is 0 Å². The van der Waals surface area contributed by atoms with Crippen LogP contribution in [-0.2, 0) is 19.1 Å². The maximum atomic E-state index is 11.8. The first kappa shape index (κ1) is 21.9. The summed E-state index contributed by atoms with van der Waals surface area (Å²) in [4.78, 5) is 23.4. The summed E-state index contributed by atoms with van der Waals surface area (Å²) in [6.45, 7) is 13.1. The van der Waals surface area contributed by atoms with Gasteiger partial charge in [0.2, 0.25) is 0 Å². The monoisotopic (exact) mass is 328 g/mol. The minimum Gasteiger partial charge on any atom is -0.466 e. The van der Waals surface area contributed by atoms with E-state index in [1.54, 1.807) is 0 Å². The van der Waals surface area contributed by atoms with E-state index in [1.165, 1.54) is 0 Å². The lowest BCUT2D eigenvalue weighted by Crippen LogP contribution is -2.28. The minimum atomic E-state index is -0.164. The second-order valence-corrected chi connectivity index (χ2v) is 7.41. The zero-order valence-corrected chi connectivity index (χ0v) is 15.9. The van der Waals surface area contributed by atoms with E-state index in [2.05, 4.69) is 41.5 Å². The largest absolute Gasteiger partial charge is 0.466 e. The van der Waals surface area contributed by atoms with Crippen LogP contribution in [0.25, 0.3) is 0 Å². The fourth-order valence-electron chi connectivity index (χ4n) is 2.54. The van der Waals surface area contributed by atoms with Gasteiger partial charge in [0.15, 0.2) is 0 Å². The molecule has 0 amide bonds. The molecule has 0 atom stereocenters. The van der Waals surface area contributed by atoms with Crippen LogP contribution in [0, 0.1) is 17.8 Å². The van der Waals surface area contributed by atoms with Gasteiger partial charge < -0.3 is 9.47 Å². The van der Waals surface area contributed by atoms with Crippen LogP contribution in [0.1, 0.15) is 80.1 Å². The Hall–Kier alpha value is -1.06. The number of esters is 2. The van der Waals surface area contributed by atoms with Gasteiger partial charge in [-0.05, 0) is 43.4 Å². The Labute approximate surface area is 142 Å². The molecule has 0 aromatic rings. The molecule has 4 heteroatoms. The maximum absolute atomic E-state index is 11.8. The molecule has 0 aromatic carbocycles. The number of ether oxygens (including phenoxy) is 2. The van der Waals surface area contributed by atoms with Crippen LogP contribution in [0.4, 0.5) is 0 Å². The molecule has 0 bridgehead atoms. The van der Waals surface area contributed by atoms with E-state index >= 15 is 0 Å². The molecular formula is C19H36O4. The Balaban J connectivity index is 3.74. The number of carbonyl (C=O) groups excluding carboxylic acids is 2. The quantitative estimate of drug-likeness (QED) is 0.383. The average molecular weight is 328 g/mol. The van der Waals surface area contributed by atoms with Gasteiger partial charge in [-0.15, -0.1) is 0 Å². The minimum absolute atomic E-state index is 0.0339. The van der Waals surface area contributed by atoms with Crippen LogP contribution < -0.4 is 0 Å². The molecule has 0 fully saturated rings. The summed E-state index contributed by atoms with van der Waals surface area (Å²) in [5, 5.41) is 0. The highest BCUT2D eigenvalue weighted by molar-refractivity contribution is 5.70. The molecule has 4 nitrogen and oxygen atoms in total. The Kier molecular flexibility index (Phi) is 11.8. The molecule has 0 aliphatic heterocycles. The van der Waals surface area contributed by atoms with Crippen LogP contribution in [0.2, 0.25) is 0 Å². The molecular weight excluding hydrogens is 292 g/mol. The maximum Gasteiger partial charge on any atom is 0.306 e. The average Bonchev–Trinajstić information content (AvgIpc) is 2.44. The van der Waals surface area contributed by atoms with E-state index in [0.29, 0.717) is 50.0 Å². The Morgan fingerprint density at radius 1 is 0.783 bits per heavy atom. The van der Waals surface area contributed by atoms with E-state index in [-0.39, 0.29) is 18.0 Å². The van der Waals surface area contributed by atoms with Crippen LogP contribution in [0.3, 0.4) is 0 Å². The second-order valence-electron chi connectivity index (χ2n) is 7.41. The summed E-state index contributed by atoms with van der Waals surface area (Å²) in [6, 6.07) is 0. The van der Waals surface area contributed by atoms with Gasteiger partial charge in [0.05, 0.1) is 6.61 Å². The molecule has 0 unspecified atom stereocenters. The highest BCUT2D eigenvalue weighted by atomic mass is 16.5. The number of rotatable bonds is 12. The van der Waals surface area contributed by atoms with Gasteiger partial charge in [-0.1, -0.05) is 41.5 Å². The molecule has 0 aliphatic rings. The topological polar surface area (TPSA) is 52.6 Å². The third-order valence-electron chi connectivity index (χ3n) is 3.78. The first-order chi connectivity index (χ1) is 10.7. The number of hydrogen-bond donors (Lipinski definition) is 0. The lowest BCUT2D eigenvalue weighted by molar-refractivity contribution is -0.154. The zero-order valence-electron chi connectivity index (χ0n) is 15.9. The van der Waals surface area contributed by atoms with Crippen molar-refractivity contribution in [2.45, 2.75) is 86.2 Å². The second kappa shape index (κ2) is 12.4. The summed E-state index contributed by atoms with van der Waals surface area (Å²) in [7, 11) is 0. The van der Waals surface area contributed by atoms with Crippen LogP contribution in [0.5, 0.6) is 0 Å². The predicted molar refractivity (Wildman–Crippen MR) is 93.1 cm³/mol. The summed E-state index contributed by atoms with van der Waals surface area (Å²) in [5.41, 5.74) is 0. The number of hydrogen-bond acceptors (Lipinski definition) is 4. The van der Waals surface area contributed by atoms with E-state index in [9.17, 15) is 9.59 Å². The lowest BCUT2D eigenvalue weighted by Gasteiger charge is -2.24. The molecule has 136 valence electrons. The molecule has 0 aliphatic carbocycles. The van der Waals surface area contributed by atoms with Crippen molar-refractivity contribution in [3.8, 4) is 0 Å². The first-order valence-electron chi connectivity index (χ1n) is 9.09. The zero-order chi connectivity index (χ0) is 17.8. The van der Waals surface area contributed by atoms with E-state index < -0.39 is 0 Å². The van der Waals surface area contributed by atoms with Crippen LogP contribution in [0.15, 0.2) is 0 Å². The number of unbranched alkanes of at least 4 members (excludes halogenated alkanes) is 1. The van der Waals surface area contributed by atoms with Gasteiger partial charge in [-0.3, -0.25) is 9.59 Å². The molecule has 0 saturated carbocycles. The molecule has 23 heavy (non-hydrogen) atoms.